The van der Waals surface area contributed by atoms with Gasteiger partial charge in [0.1, 0.15) is 19.6 Å². The summed E-state index contributed by atoms with van der Waals surface area (Å²) in [6, 6.07) is 0. The summed E-state index contributed by atoms with van der Waals surface area (Å²) in [6.45, 7) is 15.1. The van der Waals surface area contributed by atoms with Crippen LogP contribution in [-0.4, -0.2) is 65.8 Å². The highest BCUT2D eigenvalue weighted by atomic mass is 16.3. The lowest BCUT2D eigenvalue weighted by molar-refractivity contribution is -0.905. The summed E-state index contributed by atoms with van der Waals surface area (Å²) in [4.78, 5) is 0. The van der Waals surface area contributed by atoms with E-state index >= 15 is 0 Å². The lowest BCUT2D eigenvalue weighted by Gasteiger charge is -2.59. The Kier molecular flexibility index (Phi) is 9.26. The van der Waals surface area contributed by atoms with Crippen LogP contribution in [0.2, 0.25) is 0 Å². The Hall–Kier alpha value is -0.420. The molecule has 37 heavy (non-hydrogen) atoms. The van der Waals surface area contributed by atoms with E-state index in [2.05, 4.69) is 41.7 Å². The van der Waals surface area contributed by atoms with E-state index in [-0.39, 0.29) is 24.7 Å². The molecule has 214 valence electrons. The van der Waals surface area contributed by atoms with E-state index in [0.717, 1.165) is 61.3 Å². The van der Waals surface area contributed by atoms with Crippen molar-refractivity contribution in [1.82, 2.24) is 0 Å². The minimum Gasteiger partial charge on any atom is -0.393 e. The fourth-order valence-electron chi connectivity index (χ4n) is 10.3. The van der Waals surface area contributed by atoms with Crippen LogP contribution < -0.4 is 0 Å². The number of aliphatic hydroxyl groups is 3. The number of hydrogen-bond donors (Lipinski definition) is 3. The van der Waals surface area contributed by atoms with Gasteiger partial charge in [-0.3, -0.25) is 0 Å². The van der Waals surface area contributed by atoms with Gasteiger partial charge in [-0.15, -0.1) is 0 Å². The Morgan fingerprint density at radius 2 is 1.59 bits per heavy atom. The van der Waals surface area contributed by atoms with Crippen molar-refractivity contribution in [2.45, 2.75) is 111 Å². The molecule has 8 atom stereocenters. The van der Waals surface area contributed by atoms with Crippen molar-refractivity contribution in [3.05, 3.63) is 11.1 Å². The number of quaternary nitrogens is 1. The number of nitrogens with zero attached hydrogens (tertiary/aromatic N) is 1. The maximum atomic E-state index is 10.8. The molecule has 4 heteroatoms. The van der Waals surface area contributed by atoms with Gasteiger partial charge >= 0.3 is 0 Å². The fraction of sp³-hybridized carbons (Fsp3) is 0.939. The van der Waals surface area contributed by atoms with Gasteiger partial charge in [0.2, 0.25) is 0 Å². The van der Waals surface area contributed by atoms with E-state index in [1.165, 1.54) is 51.4 Å². The third-order valence-electron chi connectivity index (χ3n) is 12.3. The van der Waals surface area contributed by atoms with Crippen LogP contribution in [-0.2, 0) is 0 Å². The molecule has 4 rings (SSSR count). The largest absolute Gasteiger partial charge is 0.393 e. The summed E-state index contributed by atoms with van der Waals surface area (Å²) in [5.41, 5.74) is 3.82. The molecule has 4 aliphatic carbocycles. The highest BCUT2D eigenvalue weighted by Crippen LogP contribution is 2.68. The zero-order valence-corrected chi connectivity index (χ0v) is 25.1. The lowest BCUT2D eigenvalue weighted by atomic mass is 9.46. The third kappa shape index (κ3) is 5.74. The van der Waals surface area contributed by atoms with Gasteiger partial charge in [0.25, 0.3) is 0 Å². The van der Waals surface area contributed by atoms with E-state index in [0.29, 0.717) is 23.0 Å². The van der Waals surface area contributed by atoms with Crippen molar-refractivity contribution in [2.24, 2.45) is 46.3 Å². The van der Waals surface area contributed by atoms with Gasteiger partial charge in [-0.25, -0.2) is 0 Å². The quantitative estimate of drug-likeness (QED) is 0.226. The number of likely N-dealkylation sites (N-methyl/N-ethyl adjacent to an activating group) is 1. The zero-order chi connectivity index (χ0) is 27.0. The predicted octanol–water partition coefficient (Wildman–Crippen LogP) is 6.19. The van der Waals surface area contributed by atoms with Crippen LogP contribution in [0.4, 0.5) is 0 Å². The highest BCUT2D eigenvalue weighted by Gasteiger charge is 2.60. The van der Waals surface area contributed by atoms with Crippen molar-refractivity contribution < 1.29 is 19.8 Å². The van der Waals surface area contributed by atoms with E-state index in [4.69, 9.17) is 0 Å². The maximum Gasteiger partial charge on any atom is 0.102 e. The summed E-state index contributed by atoms with van der Waals surface area (Å²) in [5.74, 6) is 4.83. The number of fused-ring (bicyclic) bond motifs is 5. The molecular formula is C33H60NO3+. The van der Waals surface area contributed by atoms with Crippen LogP contribution >= 0.6 is 0 Å². The van der Waals surface area contributed by atoms with Gasteiger partial charge in [0.15, 0.2) is 0 Å². The van der Waals surface area contributed by atoms with Gasteiger partial charge in [-0.1, -0.05) is 59.5 Å². The summed E-state index contributed by atoms with van der Waals surface area (Å²) < 4.78 is 0.701. The summed E-state index contributed by atoms with van der Waals surface area (Å²) in [6.07, 6.45) is 13.6. The monoisotopic (exact) mass is 518 g/mol. The normalized spacial score (nSPS) is 38.9. The Morgan fingerprint density at radius 1 is 0.892 bits per heavy atom. The number of rotatable bonds is 11. The first kappa shape index (κ1) is 29.6. The maximum absolute atomic E-state index is 10.8. The molecular weight excluding hydrogens is 458 g/mol. The Balaban J connectivity index is 1.62. The minimum atomic E-state index is -0.208. The highest BCUT2D eigenvalue weighted by molar-refractivity contribution is 5.32. The fourth-order valence-corrected chi connectivity index (χ4v) is 10.3. The molecule has 4 aliphatic rings. The Morgan fingerprint density at radius 3 is 2.24 bits per heavy atom. The molecule has 0 amide bonds. The van der Waals surface area contributed by atoms with E-state index in [1.807, 2.05) is 0 Å². The van der Waals surface area contributed by atoms with Gasteiger partial charge in [-0.05, 0) is 103 Å². The molecule has 0 aromatic rings. The molecule has 0 unspecified atom stereocenters. The number of aliphatic hydroxyl groups excluding tert-OH is 3. The van der Waals surface area contributed by atoms with E-state index in [1.54, 1.807) is 11.1 Å². The predicted molar refractivity (Wildman–Crippen MR) is 153 cm³/mol. The second-order valence-electron chi connectivity index (χ2n) is 15.2. The van der Waals surface area contributed by atoms with Crippen LogP contribution in [0.1, 0.15) is 105 Å². The van der Waals surface area contributed by atoms with Gasteiger partial charge in [0, 0.05) is 0 Å². The molecule has 0 bridgehead atoms. The van der Waals surface area contributed by atoms with Crippen molar-refractivity contribution in [3.8, 4) is 0 Å². The average molecular weight is 519 g/mol. The van der Waals surface area contributed by atoms with Crippen LogP contribution in [0, 0.1) is 46.3 Å². The average Bonchev–Trinajstić information content (AvgIpc) is 3.17. The molecule has 0 heterocycles. The summed E-state index contributed by atoms with van der Waals surface area (Å²) in [5, 5.41) is 30.4. The molecule has 0 aromatic heterocycles. The van der Waals surface area contributed by atoms with Crippen molar-refractivity contribution in [1.29, 1.82) is 0 Å². The van der Waals surface area contributed by atoms with Crippen LogP contribution in [0.5, 0.6) is 0 Å². The second kappa shape index (κ2) is 11.6. The molecule has 3 fully saturated rings. The van der Waals surface area contributed by atoms with Crippen LogP contribution in [0.25, 0.3) is 0 Å². The molecule has 0 radical (unpaired) electrons. The first-order valence-electron chi connectivity index (χ1n) is 15.9. The minimum absolute atomic E-state index is 0.155. The molecule has 0 aliphatic heterocycles. The van der Waals surface area contributed by atoms with Crippen molar-refractivity contribution in [3.63, 3.8) is 0 Å². The molecule has 0 saturated heterocycles. The van der Waals surface area contributed by atoms with Gasteiger partial charge in [-0.2, -0.15) is 0 Å². The molecule has 3 saturated carbocycles. The van der Waals surface area contributed by atoms with E-state index in [9.17, 15) is 15.3 Å². The number of hydrogen-bond acceptors (Lipinski definition) is 3. The standard InChI is InChI=1S/C33H60NO3/c1-23(2)8-7-9-24(3)28-10-11-29-27-20-25(22-34(6,16-18-35)17-19-36)31-21-26(37)12-14-33(31,5)30(27)13-15-32(28,29)4/h23-24,26-30,35-37H,7-22H2,1-6H3/q+1/t24-,26+,27+,28-,29+,30+,32-,33-/m1/s1. The molecule has 0 aromatic carbocycles. The van der Waals surface area contributed by atoms with Crippen LogP contribution in [0.3, 0.4) is 0 Å². The van der Waals surface area contributed by atoms with E-state index < -0.39 is 0 Å². The van der Waals surface area contributed by atoms with Gasteiger partial charge in [0.05, 0.1) is 26.4 Å². The van der Waals surface area contributed by atoms with Crippen molar-refractivity contribution >= 4 is 0 Å². The smallest absolute Gasteiger partial charge is 0.102 e. The lowest BCUT2D eigenvalue weighted by Crippen LogP contribution is -2.54. The first-order valence-corrected chi connectivity index (χ1v) is 15.9. The second-order valence-corrected chi connectivity index (χ2v) is 15.2. The Labute approximate surface area is 228 Å². The molecule has 3 N–H and O–H groups in total. The summed E-state index contributed by atoms with van der Waals surface area (Å²) >= 11 is 0. The van der Waals surface area contributed by atoms with Crippen molar-refractivity contribution in [2.75, 3.05) is 39.9 Å². The first-order chi connectivity index (χ1) is 17.5. The topological polar surface area (TPSA) is 60.7 Å². The molecule has 0 spiro atoms. The zero-order valence-electron chi connectivity index (χ0n) is 25.1. The van der Waals surface area contributed by atoms with Gasteiger partial charge < -0.3 is 19.8 Å². The SMILES string of the molecule is CC(C)CCC[C@@H](C)[C@H]1CC[C@H]2[C@@H]3CC(C[N+](C)(CCO)CCO)=C4C[C@@H](O)CC[C@]4(C)[C@H]3CC[C@]12C. The molecule has 4 nitrogen and oxygen atoms in total. The Bertz CT molecular complexity index is 801. The third-order valence-corrected chi connectivity index (χ3v) is 12.3. The summed E-state index contributed by atoms with van der Waals surface area (Å²) in [7, 11) is 2.21. The van der Waals surface area contributed by atoms with Crippen LogP contribution in [0.15, 0.2) is 11.1 Å².